The van der Waals surface area contributed by atoms with Crippen molar-refractivity contribution in [2.45, 2.75) is 38.2 Å². The molecule has 8 heteroatoms. The van der Waals surface area contributed by atoms with E-state index < -0.39 is 0 Å². The molecule has 154 valence electrons. The molecule has 7 nitrogen and oxygen atoms in total. The van der Waals surface area contributed by atoms with Gasteiger partial charge in [0.15, 0.2) is 5.96 Å². The Hall–Kier alpha value is -0.160. The molecule has 2 aliphatic rings. The predicted octanol–water partition coefficient (Wildman–Crippen LogP) is 1.47. The van der Waals surface area contributed by atoms with Crippen LogP contribution in [-0.4, -0.2) is 89.8 Å². The summed E-state index contributed by atoms with van der Waals surface area (Å²) in [5.41, 5.74) is 0. The third-order valence-corrected chi connectivity index (χ3v) is 4.61. The van der Waals surface area contributed by atoms with Crippen molar-refractivity contribution in [3.8, 4) is 0 Å². The monoisotopic (exact) mass is 484 g/mol. The number of rotatable bonds is 11. The Kier molecular flexibility index (Phi) is 14.6. The van der Waals surface area contributed by atoms with Gasteiger partial charge in [0.2, 0.25) is 0 Å². The first-order chi connectivity index (χ1) is 12.4. The van der Waals surface area contributed by atoms with Crippen molar-refractivity contribution < 1.29 is 14.2 Å². The number of unbranched alkanes of at least 4 members (excludes halogenated alkanes) is 1. The van der Waals surface area contributed by atoms with Gasteiger partial charge in [-0.15, -0.1) is 24.0 Å². The van der Waals surface area contributed by atoms with Crippen LogP contribution in [-0.2, 0) is 14.2 Å². The maximum absolute atomic E-state index is 5.66. The van der Waals surface area contributed by atoms with Gasteiger partial charge in [-0.3, -0.25) is 9.89 Å². The van der Waals surface area contributed by atoms with E-state index in [0.29, 0.717) is 6.10 Å². The third kappa shape index (κ3) is 10.9. The summed E-state index contributed by atoms with van der Waals surface area (Å²) >= 11 is 0. The lowest BCUT2D eigenvalue weighted by atomic mass is 10.2. The van der Waals surface area contributed by atoms with Crippen LogP contribution >= 0.6 is 24.0 Å². The van der Waals surface area contributed by atoms with Crippen molar-refractivity contribution in [3.05, 3.63) is 0 Å². The van der Waals surface area contributed by atoms with Crippen LogP contribution in [0.4, 0.5) is 0 Å². The molecule has 0 aromatic heterocycles. The Labute approximate surface area is 175 Å². The first kappa shape index (κ1) is 23.9. The highest BCUT2D eigenvalue weighted by Gasteiger charge is 2.14. The molecule has 2 rings (SSSR count). The summed E-state index contributed by atoms with van der Waals surface area (Å²) in [4.78, 5) is 6.74. The topological polar surface area (TPSA) is 67.4 Å². The van der Waals surface area contributed by atoms with E-state index >= 15 is 0 Å². The largest absolute Gasteiger partial charge is 0.379 e. The third-order valence-electron chi connectivity index (χ3n) is 4.61. The molecular formula is C18H37IN4O3. The molecule has 0 amide bonds. The second kappa shape index (κ2) is 15.9. The Morgan fingerprint density at radius 3 is 2.58 bits per heavy atom. The van der Waals surface area contributed by atoms with Crippen LogP contribution in [0.1, 0.15) is 32.1 Å². The fraction of sp³-hybridized carbons (Fsp3) is 0.944. The highest BCUT2D eigenvalue weighted by Crippen LogP contribution is 2.11. The molecule has 0 spiro atoms. The number of ether oxygens (including phenoxy) is 3. The SMILES string of the molecule is CN=C(NCCCCN1CCOCC1)NCCCOCC1CCCO1.I. The summed E-state index contributed by atoms with van der Waals surface area (Å²) < 4.78 is 16.6. The van der Waals surface area contributed by atoms with Crippen molar-refractivity contribution >= 4 is 29.9 Å². The number of nitrogens with zero attached hydrogens (tertiary/aromatic N) is 2. The molecule has 0 saturated carbocycles. The number of hydrogen-bond acceptors (Lipinski definition) is 5. The standard InChI is InChI=1S/C18H36N4O3.HI/c1-19-18(20-7-2-3-9-22-10-14-23-15-11-22)21-8-5-12-24-16-17-6-4-13-25-17;/h17H,2-16H2,1H3,(H2,19,20,21);1H. The average molecular weight is 484 g/mol. The molecule has 1 atom stereocenters. The molecule has 2 saturated heterocycles. The Balaban J connectivity index is 0.00000338. The van der Waals surface area contributed by atoms with E-state index in [1.54, 1.807) is 0 Å². The van der Waals surface area contributed by atoms with Gasteiger partial charge in [0.05, 0.1) is 25.9 Å². The van der Waals surface area contributed by atoms with Gasteiger partial charge in [0.25, 0.3) is 0 Å². The van der Waals surface area contributed by atoms with Crippen molar-refractivity contribution in [3.63, 3.8) is 0 Å². The predicted molar refractivity (Wildman–Crippen MR) is 116 cm³/mol. The van der Waals surface area contributed by atoms with E-state index in [1.165, 1.54) is 19.4 Å². The Bertz CT molecular complexity index is 362. The molecular weight excluding hydrogens is 447 g/mol. The summed E-state index contributed by atoms with van der Waals surface area (Å²) in [5, 5.41) is 6.72. The normalized spacial score (nSPS) is 21.4. The summed E-state index contributed by atoms with van der Waals surface area (Å²) in [6.45, 7) is 9.30. The highest BCUT2D eigenvalue weighted by molar-refractivity contribution is 14.0. The van der Waals surface area contributed by atoms with Gasteiger partial charge in [-0.25, -0.2) is 0 Å². The van der Waals surface area contributed by atoms with Gasteiger partial charge < -0.3 is 24.8 Å². The molecule has 2 heterocycles. The first-order valence-corrected chi connectivity index (χ1v) is 9.82. The molecule has 2 fully saturated rings. The number of guanidine groups is 1. The molecule has 0 aliphatic carbocycles. The summed E-state index contributed by atoms with van der Waals surface area (Å²) in [5.74, 6) is 0.880. The van der Waals surface area contributed by atoms with Crippen LogP contribution in [0.3, 0.4) is 0 Å². The minimum Gasteiger partial charge on any atom is -0.379 e. The zero-order chi connectivity index (χ0) is 17.6. The lowest BCUT2D eigenvalue weighted by molar-refractivity contribution is 0.0168. The second-order valence-corrected chi connectivity index (χ2v) is 6.65. The maximum atomic E-state index is 5.66. The van der Waals surface area contributed by atoms with Crippen LogP contribution in [0.15, 0.2) is 4.99 Å². The van der Waals surface area contributed by atoms with E-state index in [4.69, 9.17) is 14.2 Å². The minimum absolute atomic E-state index is 0. The van der Waals surface area contributed by atoms with Gasteiger partial charge in [0.1, 0.15) is 0 Å². The Morgan fingerprint density at radius 2 is 1.88 bits per heavy atom. The molecule has 0 aromatic carbocycles. The number of halogens is 1. The Morgan fingerprint density at radius 1 is 1.12 bits per heavy atom. The van der Waals surface area contributed by atoms with E-state index in [2.05, 4.69) is 20.5 Å². The van der Waals surface area contributed by atoms with Gasteiger partial charge >= 0.3 is 0 Å². The first-order valence-electron chi connectivity index (χ1n) is 9.82. The smallest absolute Gasteiger partial charge is 0.190 e. The molecule has 26 heavy (non-hydrogen) atoms. The summed E-state index contributed by atoms with van der Waals surface area (Å²) in [6.07, 6.45) is 5.97. The van der Waals surface area contributed by atoms with Gasteiger partial charge in [-0.2, -0.15) is 0 Å². The molecule has 0 bridgehead atoms. The lowest BCUT2D eigenvalue weighted by Crippen LogP contribution is -2.39. The van der Waals surface area contributed by atoms with E-state index in [9.17, 15) is 0 Å². The van der Waals surface area contributed by atoms with Crippen molar-refractivity contribution in [1.82, 2.24) is 15.5 Å². The quantitative estimate of drug-likeness (QED) is 0.201. The highest BCUT2D eigenvalue weighted by atomic mass is 127. The van der Waals surface area contributed by atoms with Crippen molar-refractivity contribution in [1.29, 1.82) is 0 Å². The fourth-order valence-corrected chi connectivity index (χ4v) is 3.08. The zero-order valence-corrected chi connectivity index (χ0v) is 18.5. The molecule has 2 aliphatic heterocycles. The fourth-order valence-electron chi connectivity index (χ4n) is 3.08. The van der Waals surface area contributed by atoms with Crippen LogP contribution in [0.5, 0.6) is 0 Å². The summed E-state index contributed by atoms with van der Waals surface area (Å²) in [6, 6.07) is 0. The number of nitrogens with one attached hydrogen (secondary N) is 2. The lowest BCUT2D eigenvalue weighted by Gasteiger charge is -2.26. The molecule has 0 radical (unpaired) electrons. The molecule has 0 aromatic rings. The maximum Gasteiger partial charge on any atom is 0.190 e. The average Bonchev–Trinajstić information content (AvgIpc) is 3.17. The zero-order valence-electron chi connectivity index (χ0n) is 16.2. The van der Waals surface area contributed by atoms with E-state index in [-0.39, 0.29) is 24.0 Å². The minimum atomic E-state index is 0. The second-order valence-electron chi connectivity index (χ2n) is 6.65. The molecule has 1 unspecified atom stereocenters. The number of aliphatic imine (C=N–C) groups is 1. The van der Waals surface area contributed by atoms with Crippen LogP contribution < -0.4 is 10.6 Å². The van der Waals surface area contributed by atoms with E-state index in [1.807, 2.05) is 7.05 Å². The van der Waals surface area contributed by atoms with Crippen LogP contribution in [0.2, 0.25) is 0 Å². The van der Waals surface area contributed by atoms with Crippen LogP contribution in [0.25, 0.3) is 0 Å². The number of morpholine rings is 1. The number of hydrogen-bond donors (Lipinski definition) is 2. The van der Waals surface area contributed by atoms with Gasteiger partial charge in [0, 0.05) is 46.4 Å². The summed E-state index contributed by atoms with van der Waals surface area (Å²) in [7, 11) is 1.82. The van der Waals surface area contributed by atoms with Crippen LogP contribution in [0, 0.1) is 0 Å². The van der Waals surface area contributed by atoms with E-state index in [0.717, 1.165) is 84.4 Å². The van der Waals surface area contributed by atoms with Gasteiger partial charge in [-0.05, 0) is 38.6 Å². The molecule has 2 N–H and O–H groups in total. The van der Waals surface area contributed by atoms with Crippen molar-refractivity contribution in [2.75, 3.05) is 72.8 Å². The van der Waals surface area contributed by atoms with Gasteiger partial charge in [-0.1, -0.05) is 0 Å². The van der Waals surface area contributed by atoms with Crippen molar-refractivity contribution in [2.24, 2.45) is 4.99 Å².